The highest BCUT2D eigenvalue weighted by atomic mass is 35.5. The van der Waals surface area contributed by atoms with Crippen molar-refractivity contribution < 1.29 is 4.79 Å². The van der Waals surface area contributed by atoms with Gasteiger partial charge in [0.25, 0.3) is 5.91 Å². The molecule has 0 spiro atoms. The Hall–Kier alpha value is -2.14. The topological polar surface area (TPSA) is 66.9 Å². The van der Waals surface area contributed by atoms with Crippen LogP contribution in [0.4, 0.5) is 5.82 Å². The molecule has 0 saturated heterocycles. The maximum atomic E-state index is 12.0. The molecule has 2 rings (SSSR count). The van der Waals surface area contributed by atoms with Gasteiger partial charge in [-0.25, -0.2) is 0 Å². The summed E-state index contributed by atoms with van der Waals surface area (Å²) in [6.07, 6.45) is 0. The molecule has 21 heavy (non-hydrogen) atoms. The number of rotatable bonds is 5. The molecular formula is C15H17ClN4O. The lowest BCUT2D eigenvalue weighted by molar-refractivity contribution is 0.0945. The van der Waals surface area contributed by atoms with Gasteiger partial charge in [-0.15, -0.1) is 10.2 Å². The predicted molar refractivity (Wildman–Crippen MR) is 83.4 cm³/mol. The van der Waals surface area contributed by atoms with Gasteiger partial charge in [0.1, 0.15) is 5.82 Å². The van der Waals surface area contributed by atoms with Crippen molar-refractivity contribution in [2.75, 3.05) is 5.32 Å². The summed E-state index contributed by atoms with van der Waals surface area (Å²) in [6.45, 7) is 4.37. The van der Waals surface area contributed by atoms with E-state index < -0.39 is 0 Å². The van der Waals surface area contributed by atoms with Crippen LogP contribution in [0.25, 0.3) is 0 Å². The average Bonchev–Trinajstić information content (AvgIpc) is 2.46. The fourth-order valence-electron chi connectivity index (χ4n) is 1.73. The summed E-state index contributed by atoms with van der Waals surface area (Å²) >= 11 is 6.04. The minimum absolute atomic E-state index is 0.263. The fraction of sp³-hybridized carbons (Fsp3) is 0.267. The molecule has 0 fully saturated rings. The van der Waals surface area contributed by atoms with E-state index in [0.717, 1.165) is 5.56 Å². The van der Waals surface area contributed by atoms with Gasteiger partial charge in [-0.2, -0.15) is 0 Å². The molecule has 2 N–H and O–H groups in total. The summed E-state index contributed by atoms with van der Waals surface area (Å²) in [6, 6.07) is 11.0. The van der Waals surface area contributed by atoms with Gasteiger partial charge >= 0.3 is 0 Å². The molecule has 0 aliphatic carbocycles. The van der Waals surface area contributed by atoms with E-state index in [1.54, 1.807) is 18.2 Å². The van der Waals surface area contributed by atoms with Crippen molar-refractivity contribution in [2.24, 2.45) is 0 Å². The maximum absolute atomic E-state index is 12.0. The third-order valence-electron chi connectivity index (χ3n) is 2.73. The molecule has 1 heterocycles. The lowest BCUT2D eigenvalue weighted by Crippen LogP contribution is -2.24. The van der Waals surface area contributed by atoms with E-state index in [9.17, 15) is 4.79 Å². The van der Waals surface area contributed by atoms with E-state index in [1.165, 1.54) is 0 Å². The Morgan fingerprint density at radius 2 is 1.95 bits per heavy atom. The molecule has 1 aromatic carbocycles. The molecule has 0 saturated carbocycles. The monoisotopic (exact) mass is 304 g/mol. The van der Waals surface area contributed by atoms with Gasteiger partial charge in [0.05, 0.1) is 0 Å². The highest BCUT2D eigenvalue weighted by Crippen LogP contribution is 2.14. The van der Waals surface area contributed by atoms with Gasteiger partial charge in [0, 0.05) is 17.6 Å². The number of carbonyl (C=O) groups is 1. The molecule has 0 aliphatic heterocycles. The van der Waals surface area contributed by atoms with Crippen LogP contribution in [-0.4, -0.2) is 22.1 Å². The largest absolute Gasteiger partial charge is 0.366 e. The number of carbonyl (C=O) groups excluding carboxylic acids is 1. The zero-order valence-electron chi connectivity index (χ0n) is 11.9. The standard InChI is InChI=1S/C15H17ClN4O/c1-10(2)18-14-8-7-13(19-20-14)15(21)17-9-11-5-3-4-6-12(11)16/h3-8,10H,9H2,1-2H3,(H,17,21)(H,18,20). The summed E-state index contributed by atoms with van der Waals surface area (Å²) in [4.78, 5) is 12.0. The quantitative estimate of drug-likeness (QED) is 0.891. The number of nitrogens with one attached hydrogen (secondary N) is 2. The first-order valence-corrected chi connectivity index (χ1v) is 7.06. The Labute approximate surface area is 128 Å². The summed E-state index contributed by atoms with van der Waals surface area (Å²) in [5.41, 5.74) is 1.13. The first-order valence-electron chi connectivity index (χ1n) is 6.68. The molecule has 110 valence electrons. The summed E-state index contributed by atoms with van der Waals surface area (Å²) in [5, 5.41) is 14.4. The zero-order chi connectivity index (χ0) is 15.2. The number of nitrogens with zero attached hydrogens (tertiary/aromatic N) is 2. The number of benzene rings is 1. The zero-order valence-corrected chi connectivity index (χ0v) is 12.7. The average molecular weight is 305 g/mol. The minimum Gasteiger partial charge on any atom is -0.366 e. The number of hydrogen-bond acceptors (Lipinski definition) is 4. The highest BCUT2D eigenvalue weighted by Gasteiger charge is 2.09. The van der Waals surface area contributed by atoms with Gasteiger partial charge in [-0.1, -0.05) is 29.8 Å². The molecule has 1 aromatic heterocycles. The summed E-state index contributed by atoms with van der Waals surface area (Å²) in [7, 11) is 0. The van der Waals surface area contributed by atoms with Crippen molar-refractivity contribution in [1.82, 2.24) is 15.5 Å². The van der Waals surface area contributed by atoms with Crippen LogP contribution in [0, 0.1) is 0 Å². The summed E-state index contributed by atoms with van der Waals surface area (Å²) in [5.74, 6) is 0.367. The van der Waals surface area contributed by atoms with Crippen molar-refractivity contribution in [3.05, 3.63) is 52.7 Å². The van der Waals surface area contributed by atoms with E-state index in [0.29, 0.717) is 17.4 Å². The minimum atomic E-state index is -0.279. The van der Waals surface area contributed by atoms with Gasteiger partial charge in [-0.3, -0.25) is 4.79 Å². The number of aromatic nitrogens is 2. The number of hydrogen-bond donors (Lipinski definition) is 2. The molecule has 0 radical (unpaired) electrons. The Balaban J connectivity index is 1.96. The lowest BCUT2D eigenvalue weighted by Gasteiger charge is -2.09. The van der Waals surface area contributed by atoms with Crippen LogP contribution in [0.3, 0.4) is 0 Å². The van der Waals surface area contributed by atoms with Crippen molar-refractivity contribution in [1.29, 1.82) is 0 Å². The van der Waals surface area contributed by atoms with Gasteiger partial charge < -0.3 is 10.6 Å². The normalized spacial score (nSPS) is 10.5. The number of anilines is 1. The second-order valence-corrected chi connectivity index (χ2v) is 5.28. The molecule has 0 aliphatic rings. The summed E-state index contributed by atoms with van der Waals surface area (Å²) < 4.78 is 0. The molecule has 0 unspecified atom stereocenters. The van der Waals surface area contributed by atoms with Crippen LogP contribution in [-0.2, 0) is 6.54 Å². The fourth-order valence-corrected chi connectivity index (χ4v) is 1.94. The van der Waals surface area contributed by atoms with Gasteiger partial charge in [0.15, 0.2) is 5.69 Å². The van der Waals surface area contributed by atoms with Crippen LogP contribution in [0.15, 0.2) is 36.4 Å². The second-order valence-electron chi connectivity index (χ2n) is 4.88. The smallest absolute Gasteiger partial charge is 0.272 e. The third-order valence-corrected chi connectivity index (χ3v) is 3.10. The molecule has 5 nitrogen and oxygen atoms in total. The Bertz CT molecular complexity index is 613. The van der Waals surface area contributed by atoms with Gasteiger partial charge in [-0.05, 0) is 37.6 Å². The van der Waals surface area contributed by atoms with Gasteiger partial charge in [0.2, 0.25) is 0 Å². The SMILES string of the molecule is CC(C)Nc1ccc(C(=O)NCc2ccccc2Cl)nn1. The highest BCUT2D eigenvalue weighted by molar-refractivity contribution is 6.31. The molecular weight excluding hydrogens is 288 g/mol. The van der Waals surface area contributed by atoms with Crippen LogP contribution in [0.5, 0.6) is 0 Å². The maximum Gasteiger partial charge on any atom is 0.272 e. The number of amides is 1. The van der Waals surface area contributed by atoms with E-state index in [1.807, 2.05) is 32.0 Å². The van der Waals surface area contributed by atoms with Crippen LogP contribution in [0.1, 0.15) is 29.9 Å². The molecule has 2 aromatic rings. The predicted octanol–water partition coefficient (Wildman–Crippen LogP) is 2.88. The van der Waals surface area contributed by atoms with E-state index in [2.05, 4.69) is 20.8 Å². The molecule has 6 heteroatoms. The Morgan fingerprint density at radius 1 is 1.19 bits per heavy atom. The van der Waals surface area contributed by atoms with Crippen LogP contribution < -0.4 is 10.6 Å². The van der Waals surface area contributed by atoms with Crippen LogP contribution >= 0.6 is 11.6 Å². The Kier molecular flexibility index (Phi) is 5.11. The van der Waals surface area contributed by atoms with Crippen molar-refractivity contribution >= 4 is 23.3 Å². The lowest BCUT2D eigenvalue weighted by atomic mass is 10.2. The molecule has 0 atom stereocenters. The number of halogens is 1. The molecule has 0 bridgehead atoms. The third kappa shape index (κ3) is 4.43. The van der Waals surface area contributed by atoms with Crippen molar-refractivity contribution in [2.45, 2.75) is 26.4 Å². The van der Waals surface area contributed by atoms with Crippen LogP contribution in [0.2, 0.25) is 5.02 Å². The first kappa shape index (κ1) is 15.3. The first-order chi connectivity index (χ1) is 10.1. The second kappa shape index (κ2) is 7.04. The van der Waals surface area contributed by atoms with E-state index >= 15 is 0 Å². The van der Waals surface area contributed by atoms with E-state index in [4.69, 9.17) is 11.6 Å². The van der Waals surface area contributed by atoms with E-state index in [-0.39, 0.29) is 17.6 Å². The van der Waals surface area contributed by atoms with Crippen molar-refractivity contribution in [3.8, 4) is 0 Å². The van der Waals surface area contributed by atoms with Crippen molar-refractivity contribution in [3.63, 3.8) is 0 Å². The Morgan fingerprint density at radius 3 is 2.57 bits per heavy atom. The molecule has 1 amide bonds.